The Morgan fingerprint density at radius 2 is 1.75 bits per heavy atom. The number of ether oxygens (including phenoxy) is 1. The van der Waals surface area contributed by atoms with Crippen molar-refractivity contribution in [1.82, 2.24) is 35.0 Å². The van der Waals surface area contributed by atoms with Crippen LogP contribution in [0.15, 0.2) is 85.1 Å². The lowest BCUT2D eigenvalue weighted by atomic mass is 10.0. The number of fused-ring (bicyclic) bond motifs is 2. The number of carbonyl (C=O) groups excluding carboxylic acids is 4. The highest BCUT2D eigenvalue weighted by Crippen LogP contribution is 2.35. The van der Waals surface area contributed by atoms with E-state index >= 15 is 0 Å². The second-order valence-electron chi connectivity index (χ2n) is 16.6. The van der Waals surface area contributed by atoms with E-state index in [1.165, 1.54) is 6.08 Å². The number of hydrogen-bond donors (Lipinski definition) is 3. The number of rotatable bonds is 20. The number of aryl methyl sites for hydroxylation is 2. The molecule has 6 aromatic rings. The summed E-state index contributed by atoms with van der Waals surface area (Å²) in [6.45, 7) is 4.71. The number of aromatic amines is 1. The number of benzene rings is 3. The van der Waals surface area contributed by atoms with Gasteiger partial charge in [-0.1, -0.05) is 55.5 Å². The van der Waals surface area contributed by atoms with Crippen LogP contribution in [0, 0.1) is 6.92 Å². The molecule has 3 aromatic carbocycles. The molecule has 13 nitrogen and oxygen atoms in total. The van der Waals surface area contributed by atoms with Crippen molar-refractivity contribution in [3.8, 4) is 22.9 Å². The Balaban J connectivity index is 0.756. The lowest BCUT2D eigenvalue weighted by Crippen LogP contribution is -2.51. The zero-order valence-electron chi connectivity index (χ0n) is 37.0. The zero-order valence-corrected chi connectivity index (χ0v) is 38.6. The molecule has 3 aromatic heterocycles. The maximum absolute atomic E-state index is 13.2. The molecule has 3 N–H and O–H groups in total. The minimum atomic E-state index is -0.146. The molecule has 0 radical (unpaired) electrons. The van der Waals surface area contributed by atoms with Crippen LogP contribution in [0.4, 0.5) is 5.00 Å². The van der Waals surface area contributed by atoms with Gasteiger partial charge in [0.15, 0.2) is 0 Å². The number of nitrogens with one attached hydrogen (secondary N) is 3. The van der Waals surface area contributed by atoms with E-state index in [0.29, 0.717) is 67.9 Å². The Labute approximate surface area is 383 Å². The largest absolute Gasteiger partial charge is 0.426 e. The molecule has 0 atom stereocenters. The van der Waals surface area contributed by atoms with Gasteiger partial charge in [-0.3, -0.25) is 19.2 Å². The highest BCUT2D eigenvalue weighted by Gasteiger charge is 2.28. The molecule has 0 bridgehead atoms. The number of nitrogens with zero attached hydrogens (tertiary/aromatic N) is 5. The van der Waals surface area contributed by atoms with Crippen LogP contribution in [0.25, 0.3) is 33.1 Å². The number of H-pyrrole nitrogens is 1. The van der Waals surface area contributed by atoms with Gasteiger partial charge in [-0.2, -0.15) is 4.98 Å². The smallest absolute Gasteiger partial charge is 0.300 e. The minimum Gasteiger partial charge on any atom is -0.426 e. The molecule has 0 aliphatic carbocycles. The predicted octanol–water partition coefficient (Wildman–Crippen LogP) is 8.65. The van der Waals surface area contributed by atoms with Crippen molar-refractivity contribution in [3.05, 3.63) is 106 Å². The van der Waals surface area contributed by atoms with E-state index in [9.17, 15) is 19.2 Å². The predicted molar refractivity (Wildman–Crippen MR) is 257 cm³/mol. The summed E-state index contributed by atoms with van der Waals surface area (Å²) in [4.78, 5) is 65.2. The molecule has 0 saturated carbocycles. The summed E-state index contributed by atoms with van der Waals surface area (Å²) in [5, 5.41) is 8.69. The number of imidazole rings is 1. The fraction of sp³-hybridized carbons (Fsp3) is 0.367. The second kappa shape index (κ2) is 21.6. The topological polar surface area (TPSA) is 145 Å². The van der Waals surface area contributed by atoms with Crippen LogP contribution in [0.1, 0.15) is 65.7 Å². The first-order valence-electron chi connectivity index (χ1n) is 22.0. The first-order valence-corrected chi connectivity index (χ1v) is 23.2. The van der Waals surface area contributed by atoms with Crippen LogP contribution >= 0.6 is 22.9 Å². The van der Waals surface area contributed by atoms with E-state index in [4.69, 9.17) is 16.3 Å². The summed E-state index contributed by atoms with van der Waals surface area (Å²) in [6, 6.07) is 21.9. The zero-order chi connectivity index (χ0) is 45.2. The monoisotopic (exact) mass is 904 g/mol. The quantitative estimate of drug-likeness (QED) is 0.0514. The number of amides is 4. The number of anilines is 1. The van der Waals surface area contributed by atoms with Gasteiger partial charge in [0.25, 0.3) is 11.9 Å². The maximum atomic E-state index is 13.2. The second-order valence-corrected chi connectivity index (χ2v) is 18.2. The average molecular weight is 906 g/mol. The maximum Gasteiger partial charge on any atom is 0.300 e. The fourth-order valence-corrected chi connectivity index (χ4v) is 9.11. The fourth-order valence-electron chi connectivity index (χ4n) is 7.78. The Morgan fingerprint density at radius 3 is 2.56 bits per heavy atom. The summed E-state index contributed by atoms with van der Waals surface area (Å²) in [5.41, 5.74) is 5.91. The molecule has 4 amide bonds. The number of hydrogen-bond acceptors (Lipinski definition) is 8. The van der Waals surface area contributed by atoms with Crippen LogP contribution in [0.3, 0.4) is 0 Å². The number of piperazine rings is 1. The van der Waals surface area contributed by atoms with Gasteiger partial charge in [0.05, 0.1) is 21.1 Å². The molecule has 4 heterocycles. The molecule has 1 saturated heterocycles. The van der Waals surface area contributed by atoms with Gasteiger partial charge in [0, 0.05) is 85.4 Å². The Morgan fingerprint density at radius 1 is 0.938 bits per heavy atom. The first kappa shape index (κ1) is 46.0. The molecular weight excluding hydrogens is 848 g/mol. The summed E-state index contributed by atoms with van der Waals surface area (Å²) < 4.78 is 8.18. The number of unbranched alkanes of at least 4 members (excludes halogenated alkanes) is 5. The number of carbonyl (C=O) groups is 4. The van der Waals surface area contributed by atoms with E-state index < -0.39 is 0 Å². The van der Waals surface area contributed by atoms with Crippen molar-refractivity contribution in [2.75, 3.05) is 58.3 Å². The summed E-state index contributed by atoms with van der Waals surface area (Å²) >= 11 is 8.29. The number of likely N-dealkylation sites (N-methyl/N-ethyl adjacent to an activating group) is 1. The minimum absolute atomic E-state index is 0.0498. The Kier molecular flexibility index (Phi) is 15.5. The van der Waals surface area contributed by atoms with Crippen LogP contribution in [-0.4, -0.2) is 101 Å². The van der Waals surface area contributed by atoms with Crippen LogP contribution in [0.2, 0.25) is 5.02 Å². The molecule has 1 aliphatic heterocycles. The number of aromatic nitrogens is 3. The van der Waals surface area contributed by atoms with E-state index in [1.54, 1.807) is 27.2 Å². The third-order valence-corrected chi connectivity index (χ3v) is 12.9. The molecule has 1 aliphatic rings. The highest BCUT2D eigenvalue weighted by molar-refractivity contribution is 7.16. The van der Waals surface area contributed by atoms with Crippen molar-refractivity contribution < 1.29 is 23.9 Å². The lowest BCUT2D eigenvalue weighted by molar-refractivity contribution is -0.133. The summed E-state index contributed by atoms with van der Waals surface area (Å²) in [5.74, 6) is 0.175. The van der Waals surface area contributed by atoms with Gasteiger partial charge in [0.1, 0.15) is 12.3 Å². The van der Waals surface area contributed by atoms with E-state index in [2.05, 4.69) is 49.4 Å². The Hall–Kier alpha value is -5.96. The lowest BCUT2D eigenvalue weighted by Gasteiger charge is -2.33. The van der Waals surface area contributed by atoms with Gasteiger partial charge in [-0.15, -0.1) is 11.3 Å². The van der Waals surface area contributed by atoms with Gasteiger partial charge in [0.2, 0.25) is 17.7 Å². The standard InChI is InChI=1S/C49H57ClN8O5S/c1-33-14-16-36(63-49-53-41-30-39(40(50)31-42(41)54-49)34-15-18-43-35(28-34)21-25-56(43)4)29-38(33)48(62)52-22-10-8-6-5-7-9-12-44(59)51-23-20-37-17-19-47(64-37)58-27-26-57(32-46(58)61)45(60)13-11-24-55(2)3/h11,13-19,21,25,28-31H,5-10,12,20,22-24,26-27,32H2,1-4H3,(H,51,59)(H,52,62)(H,53,54)/b13-11+. The summed E-state index contributed by atoms with van der Waals surface area (Å²) in [6.07, 6.45) is 12.3. The third kappa shape index (κ3) is 12.0. The van der Waals surface area contributed by atoms with Crippen molar-refractivity contribution in [2.45, 2.75) is 58.3 Å². The highest BCUT2D eigenvalue weighted by atomic mass is 35.5. The SMILES string of the molecule is Cc1ccc(Oc2nc3cc(-c4ccc5c(ccn5C)c4)c(Cl)cc3[nH]2)cc1C(=O)NCCCCCCCCC(=O)NCCc1ccc(N2CCN(C(=O)/C=C/CN(C)C)CC2=O)s1. The van der Waals surface area contributed by atoms with Crippen molar-refractivity contribution in [3.63, 3.8) is 0 Å². The molecule has 7 rings (SSSR count). The van der Waals surface area contributed by atoms with E-state index in [-0.39, 0.29) is 30.2 Å². The molecule has 0 unspecified atom stereocenters. The van der Waals surface area contributed by atoms with Crippen LogP contribution < -0.4 is 20.3 Å². The molecular formula is C49H57ClN8O5S. The van der Waals surface area contributed by atoms with Crippen LogP contribution in [0.5, 0.6) is 11.8 Å². The van der Waals surface area contributed by atoms with Gasteiger partial charge < -0.3 is 39.6 Å². The van der Waals surface area contributed by atoms with Crippen LogP contribution in [-0.2, 0) is 27.9 Å². The number of halogens is 1. The van der Waals surface area contributed by atoms with Crippen molar-refractivity contribution in [2.24, 2.45) is 7.05 Å². The van der Waals surface area contributed by atoms with Crippen molar-refractivity contribution >= 4 is 73.5 Å². The molecule has 64 heavy (non-hydrogen) atoms. The normalized spacial score (nSPS) is 13.2. The summed E-state index contributed by atoms with van der Waals surface area (Å²) in [7, 11) is 5.89. The Bertz CT molecular complexity index is 2650. The van der Waals surface area contributed by atoms with Gasteiger partial charge >= 0.3 is 0 Å². The molecule has 15 heteroatoms. The van der Waals surface area contributed by atoms with Gasteiger partial charge in [-0.05, 0) is 106 Å². The van der Waals surface area contributed by atoms with Crippen molar-refractivity contribution in [1.29, 1.82) is 0 Å². The van der Waals surface area contributed by atoms with E-state index in [0.717, 1.165) is 87.0 Å². The molecule has 336 valence electrons. The third-order valence-electron chi connectivity index (χ3n) is 11.4. The number of thiophene rings is 1. The molecule has 1 fully saturated rings. The average Bonchev–Trinajstić information content (AvgIpc) is 4.01. The van der Waals surface area contributed by atoms with Gasteiger partial charge in [-0.25, -0.2) is 0 Å². The first-order chi connectivity index (χ1) is 30.9. The van der Waals surface area contributed by atoms with E-state index in [1.807, 2.05) is 81.6 Å². The molecule has 0 spiro atoms.